The summed E-state index contributed by atoms with van der Waals surface area (Å²) in [5.41, 5.74) is 2.01. The number of rotatable bonds is 8. The molecule has 2 heterocycles. The number of Topliss-reactive ketones (excluding diaryl/α,β-unsaturated/α-hetero) is 1. The number of H-pyrrole nitrogens is 1. The first kappa shape index (κ1) is 22.5. The smallest absolute Gasteiger partial charge is 0.295 e. The number of carbonyl (C=O) groups excluding carboxylic acids is 2. The quantitative estimate of drug-likeness (QED) is 0.224. The molecule has 3 aromatic rings. The van der Waals surface area contributed by atoms with Crippen LogP contribution in [0.4, 0.5) is 0 Å². The van der Waals surface area contributed by atoms with Crippen molar-refractivity contribution in [2.24, 2.45) is 0 Å². The van der Waals surface area contributed by atoms with Crippen molar-refractivity contribution < 1.29 is 24.2 Å². The Labute approximate surface area is 192 Å². The number of para-hydroxylation sites is 1. The molecule has 0 bridgehead atoms. The van der Waals surface area contributed by atoms with Gasteiger partial charge in [-0.05, 0) is 30.7 Å². The highest BCUT2D eigenvalue weighted by Crippen LogP contribution is 2.43. The molecule has 0 saturated carbocycles. The number of nitrogens with one attached hydrogen (secondary N) is 1. The summed E-state index contributed by atoms with van der Waals surface area (Å²) in [6.45, 7) is 2.51. The maximum absolute atomic E-state index is 13.3. The molecule has 0 radical (unpaired) electrons. The zero-order valence-electron chi connectivity index (χ0n) is 19.1. The summed E-state index contributed by atoms with van der Waals surface area (Å²) in [5, 5.41) is 12.3. The lowest BCUT2D eigenvalue weighted by atomic mass is 9.94. The lowest BCUT2D eigenvalue weighted by Crippen LogP contribution is -2.30. The summed E-state index contributed by atoms with van der Waals surface area (Å²) in [5.74, 6) is -0.715. The average molecular weight is 449 g/mol. The second kappa shape index (κ2) is 9.40. The molecule has 0 aliphatic carbocycles. The number of aliphatic hydroxyl groups is 1. The van der Waals surface area contributed by atoms with Gasteiger partial charge >= 0.3 is 0 Å². The Kier molecular flexibility index (Phi) is 6.40. The molecule has 1 aliphatic rings. The van der Waals surface area contributed by atoms with Crippen LogP contribution in [-0.2, 0) is 9.59 Å². The van der Waals surface area contributed by atoms with Gasteiger partial charge in [0.25, 0.3) is 11.7 Å². The van der Waals surface area contributed by atoms with Gasteiger partial charge in [0.2, 0.25) is 0 Å². The number of ether oxygens (including phenoxy) is 2. The van der Waals surface area contributed by atoms with Gasteiger partial charge in [-0.2, -0.15) is 0 Å². The van der Waals surface area contributed by atoms with E-state index in [0.717, 1.165) is 35.7 Å². The second-order valence-electron chi connectivity index (χ2n) is 8.06. The first-order valence-corrected chi connectivity index (χ1v) is 11.1. The van der Waals surface area contributed by atoms with Gasteiger partial charge < -0.3 is 24.5 Å². The molecule has 2 aromatic carbocycles. The normalized spacial score (nSPS) is 17.7. The van der Waals surface area contributed by atoms with E-state index in [2.05, 4.69) is 11.9 Å². The summed E-state index contributed by atoms with van der Waals surface area (Å²) in [6, 6.07) is 12.0. The third-order valence-electron chi connectivity index (χ3n) is 6.12. The predicted molar refractivity (Wildman–Crippen MR) is 126 cm³/mol. The molecule has 2 N–H and O–H groups in total. The molecule has 1 aliphatic heterocycles. The van der Waals surface area contributed by atoms with Crippen molar-refractivity contribution in [3.63, 3.8) is 0 Å². The summed E-state index contributed by atoms with van der Waals surface area (Å²) in [7, 11) is 3.00. The topological polar surface area (TPSA) is 91.9 Å². The van der Waals surface area contributed by atoms with E-state index >= 15 is 0 Å². The minimum atomic E-state index is -0.714. The molecule has 1 unspecified atom stereocenters. The number of hydrogen-bond acceptors (Lipinski definition) is 5. The largest absolute Gasteiger partial charge is 0.507 e. The van der Waals surface area contributed by atoms with Gasteiger partial charge in [-0.25, -0.2) is 0 Å². The average Bonchev–Trinajstić information content (AvgIpc) is 3.37. The van der Waals surface area contributed by atoms with Crippen molar-refractivity contribution in [1.29, 1.82) is 0 Å². The highest BCUT2D eigenvalue weighted by Gasteiger charge is 2.46. The van der Waals surface area contributed by atoms with E-state index in [1.165, 1.54) is 14.2 Å². The maximum atomic E-state index is 13.3. The van der Waals surface area contributed by atoms with Crippen LogP contribution in [0.2, 0.25) is 0 Å². The van der Waals surface area contributed by atoms with Gasteiger partial charge in [-0.15, -0.1) is 0 Å². The number of ketones is 1. The molecule has 0 spiro atoms. The molecule has 1 atom stereocenters. The van der Waals surface area contributed by atoms with Gasteiger partial charge in [0.15, 0.2) is 0 Å². The molecule has 1 fully saturated rings. The number of aromatic nitrogens is 1. The fourth-order valence-electron chi connectivity index (χ4n) is 4.43. The fraction of sp³-hybridized carbons (Fsp3) is 0.308. The maximum Gasteiger partial charge on any atom is 0.295 e. The molecule has 1 aromatic heterocycles. The number of hydrogen-bond donors (Lipinski definition) is 2. The molecule has 172 valence electrons. The number of methoxy groups -OCH3 is 2. The number of aliphatic hydroxyl groups excluding tert-OH is 1. The summed E-state index contributed by atoms with van der Waals surface area (Å²) >= 11 is 0. The molecule has 4 rings (SSSR count). The summed E-state index contributed by atoms with van der Waals surface area (Å²) in [4.78, 5) is 31.2. The summed E-state index contributed by atoms with van der Waals surface area (Å²) in [6.07, 6.45) is 4.50. The van der Waals surface area contributed by atoms with Crippen molar-refractivity contribution in [2.45, 2.75) is 32.2 Å². The molecule has 1 saturated heterocycles. The van der Waals surface area contributed by atoms with Crippen LogP contribution in [-0.4, -0.2) is 47.4 Å². The Morgan fingerprint density at radius 1 is 1.09 bits per heavy atom. The van der Waals surface area contributed by atoms with Crippen LogP contribution in [0.5, 0.6) is 11.5 Å². The highest BCUT2D eigenvalue weighted by molar-refractivity contribution is 6.46. The van der Waals surface area contributed by atoms with E-state index in [1.807, 2.05) is 30.5 Å². The van der Waals surface area contributed by atoms with Gasteiger partial charge in [0.05, 0.1) is 31.4 Å². The number of benzene rings is 2. The highest BCUT2D eigenvalue weighted by atomic mass is 16.5. The van der Waals surface area contributed by atoms with E-state index in [9.17, 15) is 14.7 Å². The van der Waals surface area contributed by atoms with Gasteiger partial charge in [-0.1, -0.05) is 38.0 Å². The van der Waals surface area contributed by atoms with Crippen LogP contribution >= 0.6 is 0 Å². The second-order valence-corrected chi connectivity index (χ2v) is 8.06. The number of unbranched alkanes of at least 4 members (excludes halogenated alkanes) is 2. The van der Waals surface area contributed by atoms with Gasteiger partial charge in [-0.3, -0.25) is 9.59 Å². The molecule has 33 heavy (non-hydrogen) atoms. The fourth-order valence-corrected chi connectivity index (χ4v) is 4.43. The first-order chi connectivity index (χ1) is 16.0. The van der Waals surface area contributed by atoms with Crippen LogP contribution in [0.25, 0.3) is 16.7 Å². The monoisotopic (exact) mass is 448 g/mol. The minimum Gasteiger partial charge on any atom is -0.507 e. The van der Waals surface area contributed by atoms with E-state index in [0.29, 0.717) is 23.6 Å². The van der Waals surface area contributed by atoms with Gasteiger partial charge in [0, 0.05) is 29.2 Å². The van der Waals surface area contributed by atoms with E-state index in [1.54, 1.807) is 23.1 Å². The van der Waals surface area contributed by atoms with Crippen LogP contribution in [0, 0.1) is 0 Å². The molecular formula is C26H28N2O5. The Hall–Kier alpha value is -3.74. The number of aromatic amines is 1. The van der Waals surface area contributed by atoms with E-state index < -0.39 is 17.7 Å². The lowest BCUT2D eigenvalue weighted by Gasteiger charge is -2.25. The van der Waals surface area contributed by atoms with Crippen LogP contribution in [0.15, 0.2) is 54.2 Å². The van der Waals surface area contributed by atoms with Crippen molar-refractivity contribution in [2.75, 3.05) is 20.8 Å². The van der Waals surface area contributed by atoms with Crippen LogP contribution in [0.1, 0.15) is 43.4 Å². The predicted octanol–water partition coefficient (Wildman–Crippen LogP) is 4.80. The van der Waals surface area contributed by atoms with Crippen LogP contribution in [0.3, 0.4) is 0 Å². The van der Waals surface area contributed by atoms with E-state index in [4.69, 9.17) is 9.47 Å². The molecule has 7 heteroatoms. The number of likely N-dealkylation sites (tertiary alicyclic amines) is 1. The van der Waals surface area contributed by atoms with Crippen molar-refractivity contribution in [3.05, 3.63) is 65.4 Å². The van der Waals surface area contributed by atoms with Crippen molar-refractivity contribution in [3.8, 4) is 11.5 Å². The third-order valence-corrected chi connectivity index (χ3v) is 6.12. The Bertz CT molecular complexity index is 1230. The molecular weight excluding hydrogens is 420 g/mol. The van der Waals surface area contributed by atoms with Gasteiger partial charge in [0.1, 0.15) is 17.3 Å². The molecule has 1 amide bonds. The van der Waals surface area contributed by atoms with E-state index in [-0.39, 0.29) is 11.3 Å². The van der Waals surface area contributed by atoms with Crippen molar-refractivity contribution in [1.82, 2.24) is 9.88 Å². The number of fused-ring (bicyclic) bond motifs is 1. The number of carbonyl (C=O) groups is 2. The zero-order chi connectivity index (χ0) is 23.5. The zero-order valence-corrected chi connectivity index (χ0v) is 19.1. The SMILES string of the molecule is CCCCCN1C(=O)C(=O)/C(=C(/O)c2cc(OC)ccc2OC)C1c1c[nH]c2ccccc12. The standard InChI is InChI=1S/C26H28N2O5/c1-4-5-8-13-28-23(19-15-27-20-10-7-6-9-17(19)20)22(25(30)26(28)31)24(29)18-14-16(32-2)11-12-21(18)33-3/h6-7,9-12,14-15,23,27,29H,4-5,8,13H2,1-3H3/b24-22+. The Balaban J connectivity index is 1.93. The number of nitrogens with zero attached hydrogens (tertiary/aromatic N) is 1. The lowest BCUT2D eigenvalue weighted by molar-refractivity contribution is -0.139. The minimum absolute atomic E-state index is 0.0489. The summed E-state index contributed by atoms with van der Waals surface area (Å²) < 4.78 is 10.7. The first-order valence-electron chi connectivity index (χ1n) is 11.1. The Morgan fingerprint density at radius 3 is 2.61 bits per heavy atom. The van der Waals surface area contributed by atoms with Crippen LogP contribution < -0.4 is 9.47 Å². The third kappa shape index (κ3) is 3.95. The molecule has 7 nitrogen and oxygen atoms in total. The Morgan fingerprint density at radius 2 is 1.88 bits per heavy atom. The van der Waals surface area contributed by atoms with Crippen molar-refractivity contribution >= 4 is 28.4 Å². The number of amides is 1.